The zero-order valence-electron chi connectivity index (χ0n) is 9.19. The first-order chi connectivity index (χ1) is 7.31. The molecule has 1 N–H and O–H groups in total. The Labute approximate surface area is 90.3 Å². The lowest BCUT2D eigenvalue weighted by Crippen LogP contribution is -2.53. The van der Waals surface area contributed by atoms with E-state index in [0.717, 1.165) is 11.7 Å². The van der Waals surface area contributed by atoms with Crippen LogP contribution in [0.4, 0.5) is 5.82 Å². The van der Waals surface area contributed by atoms with Gasteiger partial charge in [0.15, 0.2) is 0 Å². The van der Waals surface area contributed by atoms with Gasteiger partial charge in [0, 0.05) is 31.9 Å². The largest absolute Gasteiger partial charge is 0.364 e. The summed E-state index contributed by atoms with van der Waals surface area (Å²) >= 11 is 0. The molecule has 82 valence electrons. The molecule has 4 heteroatoms. The van der Waals surface area contributed by atoms with E-state index in [1.165, 1.54) is 32.5 Å². The summed E-state index contributed by atoms with van der Waals surface area (Å²) in [6.07, 6.45) is 4.69. The van der Waals surface area contributed by atoms with E-state index in [1.807, 2.05) is 17.9 Å². The fourth-order valence-electron chi connectivity index (χ4n) is 2.81. The molecule has 0 aliphatic carbocycles. The second kappa shape index (κ2) is 3.52. The number of nitrogens with one attached hydrogen (secondary N) is 1. The molecule has 4 rings (SSSR count). The Hall–Kier alpha value is -1.03. The monoisotopic (exact) mass is 206 g/mol. The van der Waals surface area contributed by atoms with E-state index in [-0.39, 0.29) is 0 Å². The van der Waals surface area contributed by atoms with E-state index in [4.69, 9.17) is 0 Å². The van der Waals surface area contributed by atoms with Crippen molar-refractivity contribution < 1.29 is 0 Å². The SMILES string of the molecule is Cn1ccc(NC2CN3CCC2CC3)n1. The molecule has 0 spiro atoms. The molecule has 3 saturated heterocycles. The van der Waals surface area contributed by atoms with Gasteiger partial charge in [-0.1, -0.05) is 0 Å². The van der Waals surface area contributed by atoms with Gasteiger partial charge in [0.2, 0.25) is 0 Å². The van der Waals surface area contributed by atoms with E-state index in [1.54, 1.807) is 0 Å². The third-order valence-electron chi connectivity index (χ3n) is 3.70. The van der Waals surface area contributed by atoms with Crippen molar-refractivity contribution in [1.29, 1.82) is 0 Å². The normalized spacial score (nSPS) is 34.3. The van der Waals surface area contributed by atoms with Gasteiger partial charge < -0.3 is 10.2 Å². The first-order valence-corrected chi connectivity index (χ1v) is 5.80. The Morgan fingerprint density at radius 1 is 1.40 bits per heavy atom. The summed E-state index contributed by atoms with van der Waals surface area (Å²) in [5.41, 5.74) is 0. The van der Waals surface area contributed by atoms with Crippen LogP contribution in [-0.2, 0) is 7.05 Å². The molecule has 1 unspecified atom stereocenters. The smallest absolute Gasteiger partial charge is 0.148 e. The molecule has 1 aromatic heterocycles. The Bertz CT molecular complexity index is 338. The molecule has 3 fully saturated rings. The van der Waals surface area contributed by atoms with Crippen molar-refractivity contribution in [2.75, 3.05) is 25.0 Å². The first kappa shape index (κ1) is 9.21. The van der Waals surface area contributed by atoms with Gasteiger partial charge in [0.25, 0.3) is 0 Å². The highest BCUT2D eigenvalue weighted by molar-refractivity contribution is 5.34. The van der Waals surface area contributed by atoms with E-state index in [0.29, 0.717) is 6.04 Å². The van der Waals surface area contributed by atoms with Crippen LogP contribution in [-0.4, -0.2) is 40.4 Å². The van der Waals surface area contributed by atoms with Gasteiger partial charge in [-0.3, -0.25) is 4.68 Å². The molecule has 1 aromatic rings. The molecule has 1 atom stereocenters. The summed E-state index contributed by atoms with van der Waals surface area (Å²) in [7, 11) is 1.96. The number of aromatic nitrogens is 2. The van der Waals surface area contributed by atoms with Crippen LogP contribution in [0.3, 0.4) is 0 Å². The van der Waals surface area contributed by atoms with Crippen molar-refractivity contribution in [3.8, 4) is 0 Å². The van der Waals surface area contributed by atoms with Crippen molar-refractivity contribution in [3.63, 3.8) is 0 Å². The maximum atomic E-state index is 4.38. The Morgan fingerprint density at radius 3 is 2.73 bits per heavy atom. The second-order valence-corrected chi connectivity index (χ2v) is 4.76. The molecule has 0 amide bonds. The van der Waals surface area contributed by atoms with E-state index >= 15 is 0 Å². The Kier molecular flexibility index (Phi) is 2.16. The van der Waals surface area contributed by atoms with Crippen LogP contribution in [0.25, 0.3) is 0 Å². The molecule has 2 bridgehead atoms. The Morgan fingerprint density at radius 2 is 2.20 bits per heavy atom. The molecule has 4 heterocycles. The molecule has 3 aliphatic heterocycles. The second-order valence-electron chi connectivity index (χ2n) is 4.76. The van der Waals surface area contributed by atoms with Crippen molar-refractivity contribution in [1.82, 2.24) is 14.7 Å². The van der Waals surface area contributed by atoms with Gasteiger partial charge in [-0.05, 0) is 31.8 Å². The fourth-order valence-corrected chi connectivity index (χ4v) is 2.81. The number of rotatable bonds is 2. The summed E-state index contributed by atoms with van der Waals surface area (Å²) in [5.74, 6) is 1.88. The number of anilines is 1. The van der Waals surface area contributed by atoms with Crippen molar-refractivity contribution >= 4 is 5.82 Å². The van der Waals surface area contributed by atoms with Crippen LogP contribution in [0.5, 0.6) is 0 Å². The van der Waals surface area contributed by atoms with Crippen LogP contribution in [0.2, 0.25) is 0 Å². The average molecular weight is 206 g/mol. The van der Waals surface area contributed by atoms with Crippen LogP contribution in [0.15, 0.2) is 12.3 Å². The third kappa shape index (κ3) is 1.74. The van der Waals surface area contributed by atoms with Crippen LogP contribution in [0.1, 0.15) is 12.8 Å². The zero-order valence-corrected chi connectivity index (χ0v) is 9.19. The first-order valence-electron chi connectivity index (χ1n) is 5.80. The summed E-state index contributed by atoms with van der Waals surface area (Å²) in [6, 6.07) is 2.67. The molecular weight excluding hydrogens is 188 g/mol. The predicted octanol–water partition coefficient (Wildman–Crippen LogP) is 0.926. The minimum absolute atomic E-state index is 0.613. The quantitative estimate of drug-likeness (QED) is 0.781. The number of nitrogens with zero attached hydrogens (tertiary/aromatic N) is 3. The van der Waals surface area contributed by atoms with E-state index in [9.17, 15) is 0 Å². The van der Waals surface area contributed by atoms with Gasteiger partial charge in [-0.2, -0.15) is 5.10 Å². The van der Waals surface area contributed by atoms with Gasteiger partial charge >= 0.3 is 0 Å². The number of hydrogen-bond acceptors (Lipinski definition) is 3. The molecule has 3 aliphatic rings. The standard InChI is InChI=1S/C11H18N4/c1-14-5-4-11(13-14)12-10-8-15-6-2-9(10)3-7-15/h4-5,9-10H,2-3,6-8H2,1H3,(H,12,13). The minimum Gasteiger partial charge on any atom is -0.364 e. The lowest BCUT2D eigenvalue weighted by molar-refractivity contribution is 0.0973. The van der Waals surface area contributed by atoms with Crippen LogP contribution >= 0.6 is 0 Å². The lowest BCUT2D eigenvalue weighted by Gasteiger charge is -2.45. The molecule has 4 nitrogen and oxygen atoms in total. The minimum atomic E-state index is 0.613. The third-order valence-corrected chi connectivity index (χ3v) is 3.70. The van der Waals surface area contributed by atoms with E-state index < -0.39 is 0 Å². The average Bonchev–Trinajstić information content (AvgIpc) is 2.66. The highest BCUT2D eigenvalue weighted by Crippen LogP contribution is 2.29. The number of hydrogen-bond donors (Lipinski definition) is 1. The Balaban J connectivity index is 1.68. The number of piperidine rings is 3. The predicted molar refractivity (Wildman–Crippen MR) is 59.8 cm³/mol. The molecule has 0 radical (unpaired) electrons. The molecule has 0 aromatic carbocycles. The molecule has 0 saturated carbocycles. The summed E-state index contributed by atoms with van der Waals surface area (Å²) < 4.78 is 1.85. The van der Waals surface area contributed by atoms with Crippen LogP contribution in [0, 0.1) is 5.92 Å². The number of fused-ring (bicyclic) bond motifs is 3. The summed E-state index contributed by atoms with van der Waals surface area (Å²) in [6.45, 7) is 3.79. The summed E-state index contributed by atoms with van der Waals surface area (Å²) in [4.78, 5) is 2.56. The van der Waals surface area contributed by atoms with Crippen molar-refractivity contribution in [2.24, 2.45) is 13.0 Å². The van der Waals surface area contributed by atoms with E-state index in [2.05, 4.69) is 21.4 Å². The van der Waals surface area contributed by atoms with Crippen molar-refractivity contribution in [2.45, 2.75) is 18.9 Å². The van der Waals surface area contributed by atoms with Gasteiger partial charge in [0.1, 0.15) is 5.82 Å². The maximum Gasteiger partial charge on any atom is 0.148 e. The summed E-state index contributed by atoms with van der Waals surface area (Å²) in [5, 5.41) is 7.93. The zero-order chi connectivity index (χ0) is 10.3. The number of aryl methyl sites for hydroxylation is 1. The highest BCUT2D eigenvalue weighted by atomic mass is 15.3. The van der Waals surface area contributed by atoms with Gasteiger partial charge in [0.05, 0.1) is 0 Å². The maximum absolute atomic E-state index is 4.38. The van der Waals surface area contributed by atoms with Gasteiger partial charge in [-0.15, -0.1) is 0 Å². The molecular formula is C11H18N4. The highest BCUT2D eigenvalue weighted by Gasteiger charge is 2.34. The van der Waals surface area contributed by atoms with Crippen LogP contribution < -0.4 is 5.32 Å². The lowest BCUT2D eigenvalue weighted by atomic mass is 9.84. The fraction of sp³-hybridized carbons (Fsp3) is 0.727. The topological polar surface area (TPSA) is 33.1 Å². The van der Waals surface area contributed by atoms with Gasteiger partial charge in [-0.25, -0.2) is 0 Å². The van der Waals surface area contributed by atoms with Crippen molar-refractivity contribution in [3.05, 3.63) is 12.3 Å². The molecule has 15 heavy (non-hydrogen) atoms.